The number of hydrogen-bond donors (Lipinski definition) is 2. The lowest BCUT2D eigenvalue weighted by atomic mass is 10.1. The molecule has 4 amide bonds. The van der Waals surface area contributed by atoms with Crippen LogP contribution >= 0.6 is 0 Å². The van der Waals surface area contributed by atoms with E-state index in [0.717, 1.165) is 5.01 Å². The highest BCUT2D eigenvalue weighted by Gasteiger charge is 2.47. The van der Waals surface area contributed by atoms with Crippen LogP contribution in [0.25, 0.3) is 0 Å². The molecule has 1 aliphatic rings. The van der Waals surface area contributed by atoms with Gasteiger partial charge in [-0.05, 0) is 19.8 Å². The van der Waals surface area contributed by atoms with Crippen LogP contribution in [0.2, 0.25) is 0 Å². The maximum absolute atomic E-state index is 11.9. The SMILES string of the molecule is CC(C)C1N(N)C(=O)N(C(C)C)N1C(N)=O. The first-order chi connectivity index (χ1) is 7.29. The highest BCUT2D eigenvalue weighted by atomic mass is 16.2. The van der Waals surface area contributed by atoms with Gasteiger partial charge < -0.3 is 5.73 Å². The van der Waals surface area contributed by atoms with Crippen LogP contribution in [0.15, 0.2) is 0 Å². The van der Waals surface area contributed by atoms with Crippen LogP contribution in [0.5, 0.6) is 0 Å². The van der Waals surface area contributed by atoms with E-state index >= 15 is 0 Å². The Bertz CT molecular complexity index is 304. The number of rotatable bonds is 2. The molecule has 0 spiro atoms. The fourth-order valence-electron chi connectivity index (χ4n) is 1.88. The van der Waals surface area contributed by atoms with Gasteiger partial charge in [0.25, 0.3) is 0 Å². The second-order valence-electron chi connectivity index (χ2n) is 4.47. The van der Waals surface area contributed by atoms with Gasteiger partial charge in [0.05, 0.1) is 6.04 Å². The van der Waals surface area contributed by atoms with Crippen molar-refractivity contribution in [2.24, 2.45) is 17.5 Å². The molecule has 1 aliphatic heterocycles. The summed E-state index contributed by atoms with van der Waals surface area (Å²) in [6.45, 7) is 7.34. The highest BCUT2D eigenvalue weighted by molar-refractivity contribution is 5.83. The van der Waals surface area contributed by atoms with Gasteiger partial charge in [0.2, 0.25) is 0 Å². The summed E-state index contributed by atoms with van der Waals surface area (Å²) in [5.41, 5.74) is 5.29. The molecule has 1 rings (SSSR count). The summed E-state index contributed by atoms with van der Waals surface area (Å²) in [5, 5.41) is 3.56. The van der Waals surface area contributed by atoms with Gasteiger partial charge in [-0.15, -0.1) is 0 Å². The Morgan fingerprint density at radius 1 is 1.31 bits per heavy atom. The van der Waals surface area contributed by atoms with Crippen LogP contribution in [-0.2, 0) is 0 Å². The summed E-state index contributed by atoms with van der Waals surface area (Å²) in [5.74, 6) is 5.68. The molecule has 4 N–H and O–H groups in total. The normalized spacial score (nSPS) is 21.6. The smallest absolute Gasteiger partial charge is 0.350 e. The third kappa shape index (κ3) is 1.78. The molecule has 1 saturated heterocycles. The van der Waals surface area contributed by atoms with Crippen molar-refractivity contribution in [3.63, 3.8) is 0 Å². The van der Waals surface area contributed by atoms with Gasteiger partial charge in [0.15, 0.2) is 0 Å². The van der Waals surface area contributed by atoms with Crippen LogP contribution in [0, 0.1) is 5.92 Å². The fraction of sp³-hybridized carbons (Fsp3) is 0.778. The highest BCUT2D eigenvalue weighted by Crippen LogP contribution is 2.25. The first-order valence-corrected chi connectivity index (χ1v) is 5.24. The van der Waals surface area contributed by atoms with Crippen LogP contribution in [0.3, 0.4) is 0 Å². The average Bonchev–Trinajstić information content (AvgIpc) is 2.39. The minimum absolute atomic E-state index is 0.00481. The van der Waals surface area contributed by atoms with Gasteiger partial charge in [-0.3, -0.25) is 0 Å². The van der Waals surface area contributed by atoms with Crippen molar-refractivity contribution in [3.8, 4) is 0 Å². The molecule has 1 fully saturated rings. The monoisotopic (exact) mass is 229 g/mol. The zero-order valence-electron chi connectivity index (χ0n) is 10.0. The molecule has 0 aromatic carbocycles. The summed E-state index contributed by atoms with van der Waals surface area (Å²) >= 11 is 0. The lowest BCUT2D eigenvalue weighted by molar-refractivity contribution is 0.0108. The third-order valence-electron chi connectivity index (χ3n) is 2.50. The van der Waals surface area contributed by atoms with E-state index in [9.17, 15) is 9.59 Å². The van der Waals surface area contributed by atoms with Crippen molar-refractivity contribution in [1.29, 1.82) is 0 Å². The van der Waals surface area contributed by atoms with Crippen molar-refractivity contribution >= 4 is 12.1 Å². The van der Waals surface area contributed by atoms with Gasteiger partial charge in [0, 0.05) is 0 Å². The number of urea groups is 2. The van der Waals surface area contributed by atoms with Crippen molar-refractivity contribution in [2.75, 3.05) is 0 Å². The molecule has 0 bridgehead atoms. The van der Waals surface area contributed by atoms with Crippen LogP contribution < -0.4 is 11.6 Å². The Labute approximate surface area is 94.9 Å². The summed E-state index contributed by atoms with van der Waals surface area (Å²) in [6, 6.07) is -1.25. The zero-order chi connectivity index (χ0) is 12.6. The number of amides is 4. The Morgan fingerprint density at radius 2 is 1.81 bits per heavy atom. The second-order valence-corrected chi connectivity index (χ2v) is 4.47. The van der Waals surface area contributed by atoms with Crippen LogP contribution in [0.4, 0.5) is 9.59 Å². The molecule has 7 nitrogen and oxygen atoms in total. The molecule has 92 valence electrons. The third-order valence-corrected chi connectivity index (χ3v) is 2.50. The Kier molecular flexibility index (Phi) is 3.27. The summed E-state index contributed by atoms with van der Waals surface area (Å²) in [6.07, 6.45) is -0.521. The molecule has 16 heavy (non-hydrogen) atoms. The molecular formula is C9H19N5O2. The first kappa shape index (κ1) is 12.6. The van der Waals surface area contributed by atoms with Crippen molar-refractivity contribution in [3.05, 3.63) is 0 Å². The maximum Gasteiger partial charge on any atom is 0.355 e. The van der Waals surface area contributed by atoms with Gasteiger partial charge in [-0.2, -0.15) is 0 Å². The molecule has 0 aliphatic carbocycles. The number of primary amides is 1. The van der Waals surface area contributed by atoms with Crippen LogP contribution in [-0.4, -0.2) is 39.3 Å². The molecule has 1 heterocycles. The van der Waals surface area contributed by atoms with E-state index in [2.05, 4.69) is 0 Å². The standard InChI is InChI=1S/C9H19N5O2/c1-5(2)7-12(11)9(16)13(6(3)4)14(7)8(10)15/h5-7H,11H2,1-4H3,(H2,10,15). The lowest BCUT2D eigenvalue weighted by Gasteiger charge is -2.32. The predicted molar refractivity (Wildman–Crippen MR) is 58.4 cm³/mol. The first-order valence-electron chi connectivity index (χ1n) is 5.24. The fourth-order valence-corrected chi connectivity index (χ4v) is 1.88. The van der Waals surface area contributed by atoms with Crippen LogP contribution in [0.1, 0.15) is 27.7 Å². The van der Waals surface area contributed by atoms with Crippen molar-refractivity contribution in [2.45, 2.75) is 39.9 Å². The molecule has 1 unspecified atom stereocenters. The molecule has 0 aromatic rings. The van der Waals surface area contributed by atoms with E-state index in [1.807, 2.05) is 13.8 Å². The minimum Gasteiger partial charge on any atom is -0.350 e. The van der Waals surface area contributed by atoms with E-state index in [4.69, 9.17) is 11.6 Å². The molecule has 0 saturated carbocycles. The van der Waals surface area contributed by atoms with Gasteiger partial charge in [-0.1, -0.05) is 13.8 Å². The molecule has 0 radical (unpaired) electrons. The van der Waals surface area contributed by atoms with E-state index in [-0.39, 0.29) is 12.0 Å². The summed E-state index contributed by atoms with van der Waals surface area (Å²) < 4.78 is 0. The Balaban J connectivity index is 3.12. The maximum atomic E-state index is 11.9. The number of carbonyl (C=O) groups is 2. The second kappa shape index (κ2) is 4.17. The number of carbonyl (C=O) groups excluding carboxylic acids is 2. The van der Waals surface area contributed by atoms with E-state index in [1.165, 1.54) is 10.0 Å². The lowest BCUT2D eigenvalue weighted by Crippen LogP contribution is -2.54. The molecule has 0 aromatic heterocycles. The summed E-state index contributed by atoms with van der Waals surface area (Å²) in [4.78, 5) is 23.2. The summed E-state index contributed by atoms with van der Waals surface area (Å²) in [7, 11) is 0. The van der Waals surface area contributed by atoms with Crippen molar-refractivity contribution in [1.82, 2.24) is 15.0 Å². The quantitative estimate of drug-likeness (QED) is 0.526. The average molecular weight is 229 g/mol. The molecule has 7 heteroatoms. The topological polar surface area (TPSA) is 95.9 Å². The minimum atomic E-state index is -0.672. The number of hydrazine groups is 2. The van der Waals surface area contributed by atoms with Crippen molar-refractivity contribution < 1.29 is 9.59 Å². The number of nitrogens with two attached hydrogens (primary N) is 2. The van der Waals surface area contributed by atoms with E-state index in [1.54, 1.807) is 13.8 Å². The molecular weight excluding hydrogens is 210 g/mol. The largest absolute Gasteiger partial charge is 0.355 e. The van der Waals surface area contributed by atoms with Gasteiger partial charge in [0.1, 0.15) is 6.17 Å². The van der Waals surface area contributed by atoms with E-state index in [0.29, 0.717) is 0 Å². The predicted octanol–water partition coefficient (Wildman–Crippen LogP) is 0.284. The number of hydrogen-bond acceptors (Lipinski definition) is 3. The zero-order valence-corrected chi connectivity index (χ0v) is 10.0. The van der Waals surface area contributed by atoms with E-state index < -0.39 is 18.2 Å². The Hall–Kier alpha value is -1.50. The number of nitrogens with zero attached hydrogens (tertiary/aromatic N) is 3. The Morgan fingerprint density at radius 3 is 2.12 bits per heavy atom. The molecule has 1 atom stereocenters. The van der Waals surface area contributed by atoms with Gasteiger partial charge in [-0.25, -0.2) is 30.5 Å². The van der Waals surface area contributed by atoms with Gasteiger partial charge >= 0.3 is 12.1 Å².